The number of hydrogen-bond donors (Lipinski definition) is 1. The molecule has 0 fully saturated rings. The molecule has 4 heteroatoms. The van der Waals surface area contributed by atoms with Crippen molar-refractivity contribution < 1.29 is 9.50 Å². The van der Waals surface area contributed by atoms with E-state index < -0.39 is 0 Å². The number of nitrogens with zero attached hydrogens (tertiary/aromatic N) is 2. The first-order chi connectivity index (χ1) is 9.58. The largest absolute Gasteiger partial charge is 0.384 e. The smallest absolute Gasteiger partial charge is 0.128 e. The molecule has 0 bridgehead atoms. The van der Waals surface area contributed by atoms with Crippen LogP contribution in [0, 0.1) is 29.0 Å². The Morgan fingerprint density at radius 1 is 1.40 bits per heavy atom. The molecule has 1 rings (SSSR count). The maximum absolute atomic E-state index is 14.0. The molecule has 0 amide bonds. The molecule has 1 aromatic carbocycles. The van der Waals surface area contributed by atoms with Crippen LogP contribution >= 0.6 is 0 Å². The van der Waals surface area contributed by atoms with Gasteiger partial charge in [0.2, 0.25) is 0 Å². The number of hydrogen-bond acceptors (Lipinski definition) is 3. The predicted molar refractivity (Wildman–Crippen MR) is 76.1 cm³/mol. The van der Waals surface area contributed by atoms with Crippen LogP contribution in [0.15, 0.2) is 18.2 Å². The summed E-state index contributed by atoms with van der Waals surface area (Å²) in [5, 5.41) is 17.3. The van der Waals surface area contributed by atoms with Crippen LogP contribution in [0.25, 0.3) is 0 Å². The van der Waals surface area contributed by atoms with Crippen LogP contribution in [-0.4, -0.2) is 29.2 Å². The van der Waals surface area contributed by atoms with E-state index in [0.717, 1.165) is 0 Å². The molecule has 20 heavy (non-hydrogen) atoms. The highest BCUT2D eigenvalue weighted by Gasteiger charge is 2.12. The molecular formula is C16H19FN2O. The minimum Gasteiger partial charge on any atom is -0.384 e. The Hall–Kier alpha value is -1.88. The van der Waals surface area contributed by atoms with E-state index in [1.165, 1.54) is 6.07 Å². The SMILES string of the molecule is CC(C)N(CCC#N)Cc1ccc(C#CCO)cc1F. The van der Waals surface area contributed by atoms with Gasteiger partial charge in [0.15, 0.2) is 0 Å². The van der Waals surface area contributed by atoms with Gasteiger partial charge >= 0.3 is 0 Å². The molecule has 0 saturated heterocycles. The predicted octanol–water partition coefficient (Wildman–Crippen LogP) is 2.29. The first-order valence-corrected chi connectivity index (χ1v) is 6.57. The number of aliphatic hydroxyl groups is 1. The van der Waals surface area contributed by atoms with Crippen LogP contribution in [0.5, 0.6) is 0 Å². The quantitative estimate of drug-likeness (QED) is 0.838. The van der Waals surface area contributed by atoms with Crippen LogP contribution in [0.1, 0.15) is 31.4 Å². The third-order valence-electron chi connectivity index (χ3n) is 2.98. The molecule has 0 radical (unpaired) electrons. The average Bonchev–Trinajstić information content (AvgIpc) is 2.42. The van der Waals surface area contributed by atoms with E-state index in [9.17, 15) is 4.39 Å². The van der Waals surface area contributed by atoms with Gasteiger partial charge in [-0.05, 0) is 26.0 Å². The van der Waals surface area contributed by atoms with Crippen LogP contribution in [0.4, 0.5) is 4.39 Å². The van der Waals surface area contributed by atoms with E-state index >= 15 is 0 Å². The Kier molecular flexibility index (Phi) is 6.73. The molecular weight excluding hydrogens is 255 g/mol. The molecule has 0 unspecified atom stereocenters. The second kappa shape index (κ2) is 8.32. The Labute approximate surface area is 119 Å². The van der Waals surface area contributed by atoms with Crippen molar-refractivity contribution in [3.8, 4) is 17.9 Å². The monoisotopic (exact) mass is 274 g/mol. The van der Waals surface area contributed by atoms with Gasteiger partial charge in [0.05, 0.1) is 6.07 Å². The van der Waals surface area contributed by atoms with Crippen LogP contribution in [0.3, 0.4) is 0 Å². The summed E-state index contributed by atoms with van der Waals surface area (Å²) in [6, 6.07) is 7.18. The van der Waals surface area contributed by atoms with Gasteiger partial charge in [-0.2, -0.15) is 5.26 Å². The van der Waals surface area contributed by atoms with E-state index in [0.29, 0.717) is 30.6 Å². The molecule has 0 heterocycles. The minimum absolute atomic E-state index is 0.237. The second-order valence-electron chi connectivity index (χ2n) is 4.74. The zero-order valence-electron chi connectivity index (χ0n) is 11.9. The molecule has 0 saturated carbocycles. The Balaban J connectivity index is 2.83. The third kappa shape index (κ3) is 5.01. The van der Waals surface area contributed by atoms with E-state index in [-0.39, 0.29) is 18.5 Å². The lowest BCUT2D eigenvalue weighted by molar-refractivity contribution is 0.215. The van der Waals surface area contributed by atoms with Gasteiger partial charge < -0.3 is 5.11 Å². The fourth-order valence-electron chi connectivity index (χ4n) is 1.83. The molecule has 0 aliphatic rings. The van der Waals surface area contributed by atoms with Gasteiger partial charge in [0, 0.05) is 36.7 Å². The molecule has 0 spiro atoms. The second-order valence-corrected chi connectivity index (χ2v) is 4.74. The maximum atomic E-state index is 14.0. The summed E-state index contributed by atoms with van der Waals surface area (Å²) < 4.78 is 14.0. The highest BCUT2D eigenvalue weighted by atomic mass is 19.1. The highest BCUT2D eigenvalue weighted by Crippen LogP contribution is 2.14. The van der Waals surface area contributed by atoms with Crippen molar-refractivity contribution in [2.24, 2.45) is 0 Å². The minimum atomic E-state index is -0.308. The summed E-state index contributed by atoms with van der Waals surface area (Å²) in [5.74, 6) is 4.86. The van der Waals surface area contributed by atoms with E-state index in [2.05, 4.69) is 22.8 Å². The van der Waals surface area contributed by atoms with Crippen molar-refractivity contribution in [3.63, 3.8) is 0 Å². The van der Waals surface area contributed by atoms with Gasteiger partial charge in [-0.3, -0.25) is 4.90 Å². The van der Waals surface area contributed by atoms with Crippen LogP contribution in [0.2, 0.25) is 0 Å². The Morgan fingerprint density at radius 3 is 2.70 bits per heavy atom. The van der Waals surface area contributed by atoms with Gasteiger partial charge in [0.25, 0.3) is 0 Å². The lowest BCUT2D eigenvalue weighted by Gasteiger charge is -2.25. The fraction of sp³-hybridized carbons (Fsp3) is 0.438. The summed E-state index contributed by atoms with van der Waals surface area (Å²) in [6.45, 7) is 4.91. The average molecular weight is 274 g/mol. The number of halogens is 1. The van der Waals surface area contributed by atoms with Gasteiger partial charge in [0.1, 0.15) is 12.4 Å². The van der Waals surface area contributed by atoms with Crippen molar-refractivity contribution in [3.05, 3.63) is 35.1 Å². The summed E-state index contributed by atoms with van der Waals surface area (Å²) in [4.78, 5) is 2.06. The van der Waals surface area contributed by atoms with E-state index in [1.54, 1.807) is 12.1 Å². The van der Waals surface area contributed by atoms with Crippen molar-refractivity contribution in [1.29, 1.82) is 5.26 Å². The van der Waals surface area contributed by atoms with Gasteiger partial charge in [-0.15, -0.1) is 0 Å². The zero-order chi connectivity index (χ0) is 15.0. The van der Waals surface area contributed by atoms with E-state index in [1.807, 2.05) is 13.8 Å². The van der Waals surface area contributed by atoms with Crippen molar-refractivity contribution in [2.45, 2.75) is 32.9 Å². The molecule has 0 aliphatic heterocycles. The summed E-state index contributed by atoms with van der Waals surface area (Å²) in [7, 11) is 0. The van der Waals surface area contributed by atoms with Gasteiger partial charge in [-0.1, -0.05) is 17.9 Å². The number of benzene rings is 1. The summed E-state index contributed by atoms with van der Waals surface area (Å²) in [5.41, 5.74) is 1.14. The lowest BCUT2D eigenvalue weighted by Crippen LogP contribution is -2.31. The molecule has 0 atom stereocenters. The van der Waals surface area contributed by atoms with Crippen molar-refractivity contribution in [1.82, 2.24) is 4.90 Å². The first kappa shape index (κ1) is 16.2. The molecule has 1 aromatic rings. The third-order valence-corrected chi connectivity index (χ3v) is 2.98. The topological polar surface area (TPSA) is 47.3 Å². The normalized spacial score (nSPS) is 10.2. The lowest BCUT2D eigenvalue weighted by atomic mass is 10.1. The van der Waals surface area contributed by atoms with Gasteiger partial charge in [-0.25, -0.2) is 4.39 Å². The molecule has 106 valence electrons. The fourth-order valence-corrected chi connectivity index (χ4v) is 1.83. The number of aliphatic hydroxyl groups excluding tert-OH is 1. The number of rotatable bonds is 5. The summed E-state index contributed by atoms with van der Waals surface area (Å²) in [6.07, 6.45) is 0.430. The Morgan fingerprint density at radius 2 is 2.15 bits per heavy atom. The maximum Gasteiger partial charge on any atom is 0.128 e. The molecule has 1 N–H and O–H groups in total. The highest BCUT2D eigenvalue weighted by molar-refractivity contribution is 5.37. The Bertz CT molecular complexity index is 538. The number of nitriles is 1. The molecule has 3 nitrogen and oxygen atoms in total. The standard InChI is InChI=1S/C16H19FN2O/c1-13(2)19(9-4-8-18)12-15-7-6-14(5-3-10-20)11-16(15)17/h6-7,11,13,20H,4,9-10,12H2,1-2H3. The van der Waals surface area contributed by atoms with Crippen LogP contribution < -0.4 is 0 Å². The first-order valence-electron chi connectivity index (χ1n) is 6.57. The van der Waals surface area contributed by atoms with Crippen molar-refractivity contribution in [2.75, 3.05) is 13.2 Å². The van der Waals surface area contributed by atoms with Crippen LogP contribution in [-0.2, 0) is 6.54 Å². The molecule has 0 aromatic heterocycles. The molecule has 0 aliphatic carbocycles. The van der Waals surface area contributed by atoms with Crippen molar-refractivity contribution >= 4 is 0 Å². The zero-order valence-corrected chi connectivity index (χ0v) is 11.9. The van der Waals surface area contributed by atoms with E-state index in [4.69, 9.17) is 10.4 Å². The summed E-state index contributed by atoms with van der Waals surface area (Å²) >= 11 is 0.